The SMILES string of the molecule is COC(=O)c1cccc(Oc2ccc(OCC(=O)O)cc2)c1. The van der Waals surface area contributed by atoms with Crippen molar-refractivity contribution in [2.75, 3.05) is 13.7 Å². The van der Waals surface area contributed by atoms with Crippen LogP contribution in [0.25, 0.3) is 0 Å². The molecule has 0 atom stereocenters. The van der Waals surface area contributed by atoms with E-state index >= 15 is 0 Å². The molecule has 0 aliphatic rings. The molecule has 2 rings (SSSR count). The Labute approximate surface area is 126 Å². The molecular weight excluding hydrogens is 288 g/mol. The third-order valence-corrected chi connectivity index (χ3v) is 2.68. The summed E-state index contributed by atoms with van der Waals surface area (Å²) in [6.45, 7) is -0.401. The van der Waals surface area contributed by atoms with E-state index in [-0.39, 0.29) is 0 Å². The van der Waals surface area contributed by atoms with Crippen LogP contribution in [0.1, 0.15) is 10.4 Å². The fraction of sp³-hybridized carbons (Fsp3) is 0.125. The molecule has 114 valence electrons. The van der Waals surface area contributed by atoms with Crippen LogP contribution in [-0.2, 0) is 9.53 Å². The molecule has 0 aromatic heterocycles. The van der Waals surface area contributed by atoms with Crippen molar-refractivity contribution in [2.24, 2.45) is 0 Å². The van der Waals surface area contributed by atoms with Crippen LogP contribution in [0.4, 0.5) is 0 Å². The van der Waals surface area contributed by atoms with Gasteiger partial charge in [-0.3, -0.25) is 0 Å². The maximum Gasteiger partial charge on any atom is 0.341 e. The standard InChI is InChI=1S/C16H14O6/c1-20-16(19)11-3-2-4-14(9-11)22-13-7-5-12(6-8-13)21-10-15(17)18/h2-9H,10H2,1H3,(H,17,18). The van der Waals surface area contributed by atoms with E-state index in [4.69, 9.17) is 14.6 Å². The van der Waals surface area contributed by atoms with Gasteiger partial charge in [0, 0.05) is 0 Å². The second-order valence-corrected chi connectivity index (χ2v) is 4.28. The molecule has 0 spiro atoms. The summed E-state index contributed by atoms with van der Waals surface area (Å²) < 4.78 is 15.3. The van der Waals surface area contributed by atoms with E-state index in [9.17, 15) is 9.59 Å². The van der Waals surface area contributed by atoms with Crippen LogP contribution in [0.3, 0.4) is 0 Å². The lowest BCUT2D eigenvalue weighted by Gasteiger charge is -2.08. The average Bonchev–Trinajstić information content (AvgIpc) is 2.53. The Balaban J connectivity index is 2.04. The van der Waals surface area contributed by atoms with Gasteiger partial charge in [-0.15, -0.1) is 0 Å². The molecule has 0 fully saturated rings. The lowest BCUT2D eigenvalue weighted by Crippen LogP contribution is -2.09. The Morgan fingerprint density at radius 1 is 1.00 bits per heavy atom. The van der Waals surface area contributed by atoms with Gasteiger partial charge >= 0.3 is 11.9 Å². The summed E-state index contributed by atoms with van der Waals surface area (Å²) >= 11 is 0. The first-order chi connectivity index (χ1) is 10.6. The van der Waals surface area contributed by atoms with Crippen molar-refractivity contribution in [2.45, 2.75) is 0 Å². The molecule has 0 amide bonds. The van der Waals surface area contributed by atoms with E-state index in [1.807, 2.05) is 0 Å². The number of esters is 1. The lowest BCUT2D eigenvalue weighted by atomic mass is 10.2. The minimum absolute atomic E-state index is 0.390. The summed E-state index contributed by atoms with van der Waals surface area (Å²) in [6, 6.07) is 13.1. The summed E-state index contributed by atoms with van der Waals surface area (Å²) in [5, 5.41) is 8.53. The van der Waals surface area contributed by atoms with Crippen LogP contribution in [0.2, 0.25) is 0 Å². The van der Waals surface area contributed by atoms with Crippen molar-refractivity contribution in [1.29, 1.82) is 0 Å². The number of carbonyl (C=O) groups is 2. The Morgan fingerprint density at radius 2 is 1.68 bits per heavy atom. The van der Waals surface area contributed by atoms with E-state index in [0.717, 1.165) is 0 Å². The highest BCUT2D eigenvalue weighted by Gasteiger charge is 2.07. The van der Waals surface area contributed by atoms with E-state index in [2.05, 4.69) is 4.74 Å². The third-order valence-electron chi connectivity index (χ3n) is 2.68. The lowest BCUT2D eigenvalue weighted by molar-refractivity contribution is -0.139. The molecule has 0 aliphatic carbocycles. The van der Waals surface area contributed by atoms with Crippen molar-refractivity contribution in [3.8, 4) is 17.2 Å². The van der Waals surface area contributed by atoms with Crippen molar-refractivity contribution >= 4 is 11.9 Å². The molecule has 22 heavy (non-hydrogen) atoms. The van der Waals surface area contributed by atoms with Crippen LogP contribution < -0.4 is 9.47 Å². The molecule has 0 radical (unpaired) electrons. The summed E-state index contributed by atoms with van der Waals surface area (Å²) in [6.07, 6.45) is 0. The average molecular weight is 302 g/mol. The first-order valence-corrected chi connectivity index (χ1v) is 6.39. The first kappa shape index (κ1) is 15.4. The first-order valence-electron chi connectivity index (χ1n) is 6.39. The normalized spacial score (nSPS) is 9.86. The number of rotatable bonds is 6. The van der Waals surface area contributed by atoms with Gasteiger partial charge in [-0.05, 0) is 42.5 Å². The van der Waals surface area contributed by atoms with Gasteiger partial charge in [0.15, 0.2) is 6.61 Å². The molecule has 0 heterocycles. The zero-order chi connectivity index (χ0) is 15.9. The van der Waals surface area contributed by atoms with E-state index in [1.54, 1.807) is 48.5 Å². The van der Waals surface area contributed by atoms with Crippen LogP contribution >= 0.6 is 0 Å². The molecule has 2 aromatic carbocycles. The van der Waals surface area contributed by atoms with Crippen LogP contribution in [-0.4, -0.2) is 30.8 Å². The number of hydrogen-bond acceptors (Lipinski definition) is 5. The number of benzene rings is 2. The second-order valence-electron chi connectivity index (χ2n) is 4.28. The molecule has 2 aromatic rings. The maximum absolute atomic E-state index is 11.4. The van der Waals surface area contributed by atoms with Gasteiger partial charge in [0.05, 0.1) is 12.7 Å². The van der Waals surface area contributed by atoms with Gasteiger partial charge in [0.25, 0.3) is 0 Å². The predicted molar refractivity (Wildman–Crippen MR) is 77.4 cm³/mol. The topological polar surface area (TPSA) is 82.1 Å². The number of hydrogen-bond donors (Lipinski definition) is 1. The Kier molecular flexibility index (Phi) is 4.98. The fourth-order valence-electron chi connectivity index (χ4n) is 1.69. The van der Waals surface area contributed by atoms with E-state index in [0.29, 0.717) is 22.8 Å². The Hall–Kier alpha value is -3.02. The van der Waals surface area contributed by atoms with Crippen molar-refractivity contribution < 1.29 is 28.9 Å². The van der Waals surface area contributed by atoms with Crippen LogP contribution in [0.15, 0.2) is 48.5 Å². The highest BCUT2D eigenvalue weighted by Crippen LogP contribution is 2.24. The molecule has 0 aliphatic heterocycles. The van der Waals surface area contributed by atoms with E-state index < -0.39 is 18.5 Å². The molecule has 0 unspecified atom stereocenters. The van der Waals surface area contributed by atoms with Gasteiger partial charge in [-0.2, -0.15) is 0 Å². The highest BCUT2D eigenvalue weighted by atomic mass is 16.5. The number of carbonyl (C=O) groups excluding carboxylic acids is 1. The molecule has 0 bridgehead atoms. The third kappa shape index (κ3) is 4.24. The van der Waals surface area contributed by atoms with Gasteiger partial charge in [0.1, 0.15) is 17.2 Å². The molecule has 1 N–H and O–H groups in total. The number of ether oxygens (including phenoxy) is 3. The summed E-state index contributed by atoms with van der Waals surface area (Å²) in [5.74, 6) is -0.0346. The predicted octanol–water partition coefficient (Wildman–Crippen LogP) is 2.73. The van der Waals surface area contributed by atoms with Gasteiger partial charge in [-0.25, -0.2) is 9.59 Å². The quantitative estimate of drug-likeness (QED) is 0.826. The number of carboxylic acids is 1. The zero-order valence-corrected chi connectivity index (χ0v) is 11.8. The maximum atomic E-state index is 11.4. The highest BCUT2D eigenvalue weighted by molar-refractivity contribution is 5.89. The summed E-state index contributed by atoms with van der Waals surface area (Å²) in [4.78, 5) is 21.9. The van der Waals surface area contributed by atoms with Crippen molar-refractivity contribution in [1.82, 2.24) is 0 Å². The smallest absolute Gasteiger partial charge is 0.341 e. The molecule has 0 saturated heterocycles. The molecule has 6 nitrogen and oxygen atoms in total. The molecule has 6 heteroatoms. The minimum Gasteiger partial charge on any atom is -0.482 e. The van der Waals surface area contributed by atoms with Crippen molar-refractivity contribution in [3.05, 3.63) is 54.1 Å². The monoisotopic (exact) mass is 302 g/mol. The van der Waals surface area contributed by atoms with Gasteiger partial charge in [0.2, 0.25) is 0 Å². The van der Waals surface area contributed by atoms with E-state index in [1.165, 1.54) is 7.11 Å². The second kappa shape index (κ2) is 7.12. The number of aliphatic carboxylic acids is 1. The Bertz CT molecular complexity index is 663. The summed E-state index contributed by atoms with van der Waals surface area (Å²) in [7, 11) is 1.31. The summed E-state index contributed by atoms with van der Waals surface area (Å²) in [5.41, 5.74) is 0.390. The number of carboxylic acid groups (broad SMARTS) is 1. The van der Waals surface area contributed by atoms with Crippen LogP contribution in [0.5, 0.6) is 17.2 Å². The molecular formula is C16H14O6. The molecule has 0 saturated carbocycles. The van der Waals surface area contributed by atoms with Crippen LogP contribution in [0, 0.1) is 0 Å². The van der Waals surface area contributed by atoms with Crippen molar-refractivity contribution in [3.63, 3.8) is 0 Å². The number of methoxy groups -OCH3 is 1. The largest absolute Gasteiger partial charge is 0.482 e. The van der Waals surface area contributed by atoms with Gasteiger partial charge in [-0.1, -0.05) is 6.07 Å². The minimum atomic E-state index is -1.04. The fourth-order valence-corrected chi connectivity index (χ4v) is 1.69. The van der Waals surface area contributed by atoms with Gasteiger partial charge < -0.3 is 19.3 Å². The zero-order valence-electron chi connectivity index (χ0n) is 11.8. The Morgan fingerprint density at radius 3 is 2.32 bits per heavy atom.